The van der Waals surface area contributed by atoms with E-state index in [0.29, 0.717) is 0 Å². The molecule has 2 unspecified atom stereocenters. The third kappa shape index (κ3) is 2.17. The van der Waals surface area contributed by atoms with Crippen molar-refractivity contribution in [3.05, 3.63) is 10.4 Å². The molecule has 3 heterocycles. The van der Waals surface area contributed by atoms with Crippen LogP contribution in [-0.4, -0.2) is 82.1 Å². The van der Waals surface area contributed by atoms with Gasteiger partial charge >= 0.3 is 0 Å². The van der Waals surface area contributed by atoms with Gasteiger partial charge in [-0.1, -0.05) is 0 Å². The van der Waals surface area contributed by atoms with E-state index in [4.69, 9.17) is 15.4 Å². The molecule has 112 valence electrons. The lowest BCUT2D eigenvalue weighted by Gasteiger charge is -2.31. The molecule has 3 rings (SSSR count). The number of aliphatic hydroxyl groups is 3. The van der Waals surface area contributed by atoms with Crippen LogP contribution in [0, 0.1) is 0 Å². The predicted molar refractivity (Wildman–Crippen MR) is 70.7 cm³/mol. The van der Waals surface area contributed by atoms with Crippen molar-refractivity contribution in [2.45, 2.75) is 36.7 Å². The Morgan fingerprint density at radius 2 is 2.19 bits per heavy atom. The lowest BCUT2D eigenvalue weighted by atomic mass is 10.1. The number of aliphatic imine (C=N–C) groups is 3. The Bertz CT molecular complexity index is 558. The highest BCUT2D eigenvalue weighted by Gasteiger charge is 2.49. The SMILES string of the molecule is [N-]=[N+]=NC1=NC=NC2C1N=CN2[C@@H]1O[C@H](CO)[C@@H](O)[C@H]1O. The molecule has 3 aliphatic rings. The first-order valence-corrected chi connectivity index (χ1v) is 6.25. The average Bonchev–Trinajstić information content (AvgIpc) is 3.03. The molecular formula is C10H13N7O4. The summed E-state index contributed by atoms with van der Waals surface area (Å²) in [5.41, 5.74) is 8.50. The first kappa shape index (κ1) is 13.9. The third-order valence-electron chi connectivity index (χ3n) is 3.58. The topological polar surface area (TPSA) is 159 Å². The maximum absolute atomic E-state index is 10.0. The Morgan fingerprint density at radius 1 is 1.38 bits per heavy atom. The van der Waals surface area contributed by atoms with Gasteiger partial charge in [0.1, 0.15) is 36.5 Å². The number of aliphatic hydroxyl groups excluding tert-OH is 3. The fourth-order valence-electron chi connectivity index (χ4n) is 2.53. The van der Waals surface area contributed by atoms with Crippen LogP contribution in [0.5, 0.6) is 0 Å². The van der Waals surface area contributed by atoms with Gasteiger partial charge in [-0.3, -0.25) is 4.99 Å². The largest absolute Gasteiger partial charge is 0.394 e. The number of rotatable bonds is 2. The van der Waals surface area contributed by atoms with Crippen molar-refractivity contribution >= 4 is 18.5 Å². The Kier molecular flexibility index (Phi) is 3.57. The van der Waals surface area contributed by atoms with Gasteiger partial charge in [-0.05, 0) is 10.6 Å². The van der Waals surface area contributed by atoms with Crippen LogP contribution >= 0.6 is 0 Å². The van der Waals surface area contributed by atoms with Crippen LogP contribution in [0.2, 0.25) is 0 Å². The zero-order valence-electron chi connectivity index (χ0n) is 10.7. The van der Waals surface area contributed by atoms with Gasteiger partial charge in [0.25, 0.3) is 0 Å². The lowest BCUT2D eigenvalue weighted by molar-refractivity contribution is -0.0778. The van der Waals surface area contributed by atoms with Gasteiger partial charge in [-0.25, -0.2) is 9.98 Å². The predicted octanol–water partition coefficient (Wildman–Crippen LogP) is -1.79. The van der Waals surface area contributed by atoms with Gasteiger partial charge in [0, 0.05) is 4.91 Å². The van der Waals surface area contributed by atoms with Crippen molar-refractivity contribution in [2.24, 2.45) is 20.1 Å². The number of nitrogens with zero attached hydrogens (tertiary/aromatic N) is 7. The number of fused-ring (bicyclic) bond motifs is 1. The second-order valence-corrected chi connectivity index (χ2v) is 4.74. The van der Waals surface area contributed by atoms with E-state index >= 15 is 0 Å². The third-order valence-corrected chi connectivity index (χ3v) is 3.58. The van der Waals surface area contributed by atoms with Crippen molar-refractivity contribution in [3.63, 3.8) is 0 Å². The molecule has 0 radical (unpaired) electrons. The molecule has 11 heteroatoms. The molecule has 3 aliphatic heterocycles. The van der Waals surface area contributed by atoms with Crippen molar-refractivity contribution in [3.8, 4) is 0 Å². The Labute approximate surface area is 118 Å². The van der Waals surface area contributed by atoms with E-state index in [1.165, 1.54) is 17.6 Å². The second-order valence-electron chi connectivity index (χ2n) is 4.74. The van der Waals surface area contributed by atoms with Gasteiger partial charge in [0.15, 0.2) is 12.4 Å². The average molecular weight is 295 g/mol. The van der Waals surface area contributed by atoms with Crippen molar-refractivity contribution < 1.29 is 20.1 Å². The first-order valence-electron chi connectivity index (χ1n) is 6.25. The Morgan fingerprint density at radius 3 is 2.86 bits per heavy atom. The lowest BCUT2D eigenvalue weighted by Crippen LogP contribution is -2.50. The second kappa shape index (κ2) is 5.39. The van der Waals surface area contributed by atoms with Gasteiger partial charge in [0.05, 0.1) is 12.9 Å². The smallest absolute Gasteiger partial charge is 0.162 e. The number of amidine groups is 1. The van der Waals surface area contributed by atoms with E-state index in [1.54, 1.807) is 0 Å². The van der Waals surface area contributed by atoms with Gasteiger partial charge in [-0.2, -0.15) is 0 Å². The van der Waals surface area contributed by atoms with Crippen LogP contribution in [0.25, 0.3) is 10.4 Å². The summed E-state index contributed by atoms with van der Waals surface area (Å²) in [6.07, 6.45) is -2.13. The molecule has 1 saturated heterocycles. The highest BCUT2D eigenvalue weighted by atomic mass is 16.6. The molecule has 0 aliphatic carbocycles. The molecule has 0 aromatic carbocycles. The molecule has 0 saturated carbocycles. The maximum atomic E-state index is 10.0. The summed E-state index contributed by atoms with van der Waals surface area (Å²) >= 11 is 0. The molecule has 0 bridgehead atoms. The number of azide groups is 1. The minimum absolute atomic E-state index is 0.169. The highest BCUT2D eigenvalue weighted by Crippen LogP contribution is 2.29. The zero-order valence-corrected chi connectivity index (χ0v) is 10.7. The van der Waals surface area contributed by atoms with E-state index in [9.17, 15) is 10.2 Å². The summed E-state index contributed by atoms with van der Waals surface area (Å²) in [4.78, 5) is 16.3. The summed E-state index contributed by atoms with van der Waals surface area (Å²) < 4.78 is 5.43. The minimum atomic E-state index is -1.22. The number of ether oxygens (including phenoxy) is 1. The summed E-state index contributed by atoms with van der Waals surface area (Å²) in [6, 6.07) is -0.591. The summed E-state index contributed by atoms with van der Waals surface area (Å²) in [5, 5.41) is 32.4. The zero-order chi connectivity index (χ0) is 15.0. The summed E-state index contributed by atoms with van der Waals surface area (Å²) in [5.74, 6) is 0.169. The van der Waals surface area contributed by atoms with Crippen LogP contribution < -0.4 is 0 Å². The Hall–Kier alpha value is -2.04. The van der Waals surface area contributed by atoms with Gasteiger partial charge in [-0.15, -0.1) is 0 Å². The van der Waals surface area contributed by atoms with Crippen LogP contribution in [-0.2, 0) is 4.74 Å². The molecule has 21 heavy (non-hydrogen) atoms. The number of hydrogen-bond donors (Lipinski definition) is 3. The molecule has 0 spiro atoms. The molecule has 6 atom stereocenters. The molecule has 1 fully saturated rings. The van der Waals surface area contributed by atoms with E-state index in [-0.39, 0.29) is 5.84 Å². The normalized spacial score (nSPS) is 40.9. The summed E-state index contributed by atoms with van der Waals surface area (Å²) in [6.45, 7) is -0.414. The van der Waals surface area contributed by atoms with Crippen molar-refractivity contribution in [1.29, 1.82) is 0 Å². The Balaban J connectivity index is 1.81. The first-order chi connectivity index (χ1) is 10.2. The van der Waals surface area contributed by atoms with E-state index in [1.807, 2.05) is 0 Å². The minimum Gasteiger partial charge on any atom is -0.394 e. The van der Waals surface area contributed by atoms with E-state index in [0.717, 1.165) is 0 Å². The van der Waals surface area contributed by atoms with Crippen LogP contribution in [0.15, 0.2) is 20.1 Å². The van der Waals surface area contributed by atoms with Crippen molar-refractivity contribution in [2.75, 3.05) is 6.61 Å². The monoisotopic (exact) mass is 295 g/mol. The standard InChI is InChI=1S/C10H13N7O4/c11-16-15-8-5-9(13-2-12-8)17(3-14-5)10-7(20)6(19)4(1-18)21-10/h2-7,9-10,18-20H,1H2/t4-,5?,6-,7-,9?,10-/m1/s1. The molecule has 0 amide bonds. The highest BCUT2D eigenvalue weighted by molar-refractivity contribution is 5.97. The van der Waals surface area contributed by atoms with Crippen LogP contribution in [0.4, 0.5) is 0 Å². The maximum Gasteiger partial charge on any atom is 0.162 e. The summed E-state index contributed by atoms with van der Waals surface area (Å²) in [7, 11) is 0. The molecule has 11 nitrogen and oxygen atoms in total. The van der Waals surface area contributed by atoms with E-state index < -0.39 is 43.4 Å². The van der Waals surface area contributed by atoms with Crippen LogP contribution in [0.3, 0.4) is 0 Å². The molecule has 0 aromatic rings. The fraction of sp³-hybridized carbons (Fsp3) is 0.700. The molecular weight excluding hydrogens is 282 g/mol. The van der Waals surface area contributed by atoms with Gasteiger partial charge < -0.3 is 25.0 Å². The molecule has 0 aromatic heterocycles. The quantitative estimate of drug-likeness (QED) is 0.311. The van der Waals surface area contributed by atoms with Crippen LogP contribution in [0.1, 0.15) is 0 Å². The number of hydrogen-bond acceptors (Lipinski definition) is 9. The van der Waals surface area contributed by atoms with Gasteiger partial charge in [0.2, 0.25) is 0 Å². The molecule has 3 N–H and O–H groups in total. The van der Waals surface area contributed by atoms with Crippen molar-refractivity contribution in [1.82, 2.24) is 4.90 Å². The fourth-order valence-corrected chi connectivity index (χ4v) is 2.53. The van der Waals surface area contributed by atoms with E-state index in [2.05, 4.69) is 25.0 Å².